The van der Waals surface area contributed by atoms with Gasteiger partial charge in [0, 0.05) is 13.1 Å². The number of nitrogens with zero attached hydrogens (tertiary/aromatic N) is 3. The van der Waals surface area contributed by atoms with E-state index in [1.807, 2.05) is 36.4 Å². The number of fused-ring (bicyclic) bond motifs is 1. The first-order valence-electron chi connectivity index (χ1n) is 8.29. The molecule has 4 rings (SSSR count). The van der Waals surface area contributed by atoms with Gasteiger partial charge < -0.3 is 14.6 Å². The van der Waals surface area contributed by atoms with Crippen LogP contribution in [0.5, 0.6) is 5.75 Å². The summed E-state index contributed by atoms with van der Waals surface area (Å²) >= 11 is 0. The van der Waals surface area contributed by atoms with Crippen molar-refractivity contribution in [3.63, 3.8) is 0 Å². The second-order valence-corrected chi connectivity index (χ2v) is 6.14. The van der Waals surface area contributed by atoms with E-state index in [1.165, 1.54) is 25.9 Å². The monoisotopic (exact) mass is 307 g/mol. The number of para-hydroxylation sites is 3. The predicted octanol–water partition coefficient (Wildman–Crippen LogP) is 3.50. The lowest BCUT2D eigenvalue weighted by molar-refractivity contribution is 0.325. The van der Waals surface area contributed by atoms with Crippen LogP contribution < -0.4 is 0 Å². The third-order valence-electron chi connectivity index (χ3n) is 4.64. The van der Waals surface area contributed by atoms with E-state index >= 15 is 0 Å². The van der Waals surface area contributed by atoms with Crippen molar-refractivity contribution >= 4 is 11.0 Å². The van der Waals surface area contributed by atoms with E-state index in [4.69, 9.17) is 4.98 Å². The number of likely N-dealkylation sites (tertiary alicyclic amines) is 1. The van der Waals surface area contributed by atoms with Crippen LogP contribution in [0.1, 0.15) is 12.8 Å². The Kier molecular flexibility index (Phi) is 3.75. The molecule has 1 aliphatic rings. The number of imidazole rings is 1. The normalized spacial score (nSPS) is 15.5. The lowest BCUT2D eigenvalue weighted by Gasteiger charge is -2.17. The van der Waals surface area contributed by atoms with Gasteiger partial charge in [-0.25, -0.2) is 4.98 Å². The first kappa shape index (κ1) is 14.3. The quantitative estimate of drug-likeness (QED) is 0.802. The van der Waals surface area contributed by atoms with Crippen LogP contribution >= 0.6 is 0 Å². The maximum Gasteiger partial charge on any atom is 0.144 e. The molecule has 4 heteroatoms. The number of hydrogen-bond donors (Lipinski definition) is 1. The average molecular weight is 307 g/mol. The third-order valence-corrected chi connectivity index (χ3v) is 4.64. The maximum atomic E-state index is 10.2. The van der Waals surface area contributed by atoms with Crippen LogP contribution in [0.2, 0.25) is 0 Å². The molecule has 1 N–H and O–H groups in total. The zero-order valence-corrected chi connectivity index (χ0v) is 13.2. The van der Waals surface area contributed by atoms with Crippen LogP contribution in [0.4, 0.5) is 0 Å². The lowest BCUT2D eigenvalue weighted by Crippen LogP contribution is -2.24. The van der Waals surface area contributed by atoms with Gasteiger partial charge in [-0.15, -0.1) is 0 Å². The number of aromatic nitrogens is 2. The Hall–Kier alpha value is -2.33. The van der Waals surface area contributed by atoms with Crippen molar-refractivity contribution in [2.24, 2.45) is 0 Å². The Morgan fingerprint density at radius 1 is 0.913 bits per heavy atom. The topological polar surface area (TPSA) is 41.3 Å². The summed E-state index contributed by atoms with van der Waals surface area (Å²) in [6.45, 7) is 4.31. The van der Waals surface area contributed by atoms with Crippen LogP contribution in [0.15, 0.2) is 48.5 Å². The molecule has 118 valence electrons. The molecule has 23 heavy (non-hydrogen) atoms. The van der Waals surface area contributed by atoms with E-state index in [9.17, 15) is 5.11 Å². The first-order valence-corrected chi connectivity index (χ1v) is 8.29. The van der Waals surface area contributed by atoms with Crippen molar-refractivity contribution in [2.75, 3.05) is 19.6 Å². The summed E-state index contributed by atoms with van der Waals surface area (Å²) in [5.41, 5.74) is 2.90. The molecule has 0 atom stereocenters. The van der Waals surface area contributed by atoms with Gasteiger partial charge >= 0.3 is 0 Å². The molecular formula is C19H21N3O. The Morgan fingerprint density at radius 2 is 1.65 bits per heavy atom. The van der Waals surface area contributed by atoms with E-state index in [0.717, 1.165) is 35.5 Å². The van der Waals surface area contributed by atoms with Gasteiger partial charge in [0.1, 0.15) is 11.6 Å². The molecule has 0 bridgehead atoms. The fraction of sp³-hybridized carbons (Fsp3) is 0.316. The number of aromatic hydroxyl groups is 1. The van der Waals surface area contributed by atoms with Crippen LogP contribution in [0, 0.1) is 0 Å². The summed E-state index contributed by atoms with van der Waals surface area (Å²) in [4.78, 5) is 7.28. The molecule has 0 spiro atoms. The smallest absolute Gasteiger partial charge is 0.144 e. The summed E-state index contributed by atoms with van der Waals surface area (Å²) in [6, 6.07) is 15.6. The Morgan fingerprint density at radius 3 is 2.48 bits per heavy atom. The fourth-order valence-electron chi connectivity index (χ4n) is 3.42. The highest BCUT2D eigenvalue weighted by Gasteiger charge is 2.17. The van der Waals surface area contributed by atoms with E-state index in [1.54, 1.807) is 6.07 Å². The van der Waals surface area contributed by atoms with Gasteiger partial charge in [-0.3, -0.25) is 0 Å². The molecule has 2 aromatic carbocycles. The van der Waals surface area contributed by atoms with E-state index in [2.05, 4.69) is 15.5 Å². The Labute approximate surface area is 136 Å². The summed E-state index contributed by atoms with van der Waals surface area (Å²) in [5, 5.41) is 10.2. The third kappa shape index (κ3) is 2.70. The second-order valence-electron chi connectivity index (χ2n) is 6.14. The first-order chi connectivity index (χ1) is 11.3. The summed E-state index contributed by atoms with van der Waals surface area (Å²) < 4.78 is 2.24. The van der Waals surface area contributed by atoms with Gasteiger partial charge in [0.05, 0.1) is 16.6 Å². The molecule has 0 saturated carbocycles. The predicted molar refractivity (Wildman–Crippen MR) is 92.5 cm³/mol. The van der Waals surface area contributed by atoms with Gasteiger partial charge in [-0.1, -0.05) is 24.3 Å². The van der Waals surface area contributed by atoms with Gasteiger partial charge in [0.25, 0.3) is 0 Å². The highest BCUT2D eigenvalue weighted by atomic mass is 16.3. The van der Waals surface area contributed by atoms with Crippen molar-refractivity contribution in [1.29, 1.82) is 0 Å². The van der Waals surface area contributed by atoms with E-state index < -0.39 is 0 Å². The zero-order valence-electron chi connectivity index (χ0n) is 13.2. The summed E-state index contributed by atoms with van der Waals surface area (Å²) in [7, 11) is 0. The molecule has 0 amide bonds. The minimum Gasteiger partial charge on any atom is -0.507 e. The average Bonchev–Trinajstić information content (AvgIpc) is 3.21. The van der Waals surface area contributed by atoms with Crippen molar-refractivity contribution in [2.45, 2.75) is 19.4 Å². The van der Waals surface area contributed by atoms with Crippen molar-refractivity contribution in [3.05, 3.63) is 48.5 Å². The summed E-state index contributed by atoms with van der Waals surface area (Å²) in [5.74, 6) is 1.13. The number of benzene rings is 2. The van der Waals surface area contributed by atoms with E-state index in [-0.39, 0.29) is 5.75 Å². The fourth-order valence-corrected chi connectivity index (χ4v) is 3.42. The molecular weight excluding hydrogens is 286 g/mol. The molecule has 1 fully saturated rings. The van der Waals surface area contributed by atoms with Crippen LogP contribution in [0.25, 0.3) is 22.4 Å². The molecule has 3 aromatic rings. The highest BCUT2D eigenvalue weighted by molar-refractivity contribution is 5.81. The molecule has 4 nitrogen and oxygen atoms in total. The Balaban J connectivity index is 1.76. The molecule has 0 unspecified atom stereocenters. The van der Waals surface area contributed by atoms with Crippen molar-refractivity contribution in [1.82, 2.24) is 14.5 Å². The number of hydrogen-bond acceptors (Lipinski definition) is 3. The maximum absolute atomic E-state index is 10.2. The van der Waals surface area contributed by atoms with Crippen molar-refractivity contribution in [3.8, 4) is 17.1 Å². The molecule has 0 aliphatic carbocycles. The Bertz CT molecular complexity index is 818. The van der Waals surface area contributed by atoms with Crippen LogP contribution in [-0.2, 0) is 6.54 Å². The van der Waals surface area contributed by atoms with Gasteiger partial charge in [-0.2, -0.15) is 0 Å². The standard InChI is InChI=1S/C19H21N3O/c23-18-10-4-1-7-15(18)19-20-16-8-2-3-9-17(16)22(19)14-13-21-11-5-6-12-21/h1-4,7-10,23H,5-6,11-14H2. The SMILES string of the molecule is Oc1ccccc1-c1nc2ccccc2n1CCN1CCCC1. The van der Waals surface area contributed by atoms with Crippen LogP contribution in [0.3, 0.4) is 0 Å². The molecule has 1 aliphatic heterocycles. The highest BCUT2D eigenvalue weighted by Crippen LogP contribution is 2.31. The van der Waals surface area contributed by atoms with Gasteiger partial charge in [0.15, 0.2) is 0 Å². The van der Waals surface area contributed by atoms with Crippen LogP contribution in [-0.4, -0.2) is 39.2 Å². The molecule has 0 radical (unpaired) electrons. The summed E-state index contributed by atoms with van der Waals surface area (Å²) in [6.07, 6.45) is 2.61. The van der Waals surface area contributed by atoms with Gasteiger partial charge in [-0.05, 0) is 50.2 Å². The van der Waals surface area contributed by atoms with E-state index in [0.29, 0.717) is 0 Å². The second kappa shape index (κ2) is 6.05. The lowest BCUT2D eigenvalue weighted by atomic mass is 10.2. The molecule has 2 heterocycles. The number of phenols is 1. The minimum absolute atomic E-state index is 0.283. The number of phenolic OH excluding ortho intramolecular Hbond substituents is 1. The van der Waals surface area contributed by atoms with Crippen molar-refractivity contribution < 1.29 is 5.11 Å². The molecule has 1 aromatic heterocycles. The zero-order chi connectivity index (χ0) is 15.6. The van der Waals surface area contributed by atoms with Gasteiger partial charge in [0.2, 0.25) is 0 Å². The minimum atomic E-state index is 0.283. The number of rotatable bonds is 4. The molecule has 1 saturated heterocycles. The largest absolute Gasteiger partial charge is 0.507 e.